The van der Waals surface area contributed by atoms with Crippen LogP contribution in [0.3, 0.4) is 0 Å². The Morgan fingerprint density at radius 1 is 1.57 bits per heavy atom. The summed E-state index contributed by atoms with van der Waals surface area (Å²) in [5.74, 6) is -0.299. The number of carbonyl (C=O) groups excluding carboxylic acids is 1. The Kier molecular flexibility index (Phi) is 4.86. The largest absolute Gasteiger partial charge is 0.467 e. The second kappa shape index (κ2) is 5.95. The van der Waals surface area contributed by atoms with Gasteiger partial charge in [0.1, 0.15) is 0 Å². The van der Waals surface area contributed by atoms with Crippen LogP contribution in [0.5, 0.6) is 0 Å². The highest BCUT2D eigenvalue weighted by molar-refractivity contribution is 5.74. The van der Waals surface area contributed by atoms with Gasteiger partial charge in [-0.3, -0.25) is 4.90 Å². The van der Waals surface area contributed by atoms with Crippen molar-refractivity contribution >= 4 is 5.97 Å². The second-order valence-electron chi connectivity index (χ2n) is 3.18. The summed E-state index contributed by atoms with van der Waals surface area (Å²) < 4.78 is 14.9. The lowest BCUT2D eigenvalue weighted by Gasteiger charge is -2.30. The number of hydrogen-bond acceptors (Lipinski definition) is 5. The van der Waals surface area contributed by atoms with Crippen LogP contribution in [0.2, 0.25) is 0 Å². The molecule has 0 aliphatic carbocycles. The second-order valence-corrected chi connectivity index (χ2v) is 3.18. The fourth-order valence-electron chi connectivity index (χ4n) is 1.40. The van der Waals surface area contributed by atoms with E-state index in [9.17, 15) is 4.79 Å². The first-order valence-electron chi connectivity index (χ1n) is 4.68. The quantitative estimate of drug-likeness (QED) is 0.577. The van der Waals surface area contributed by atoms with E-state index in [0.29, 0.717) is 19.8 Å². The molecule has 0 spiro atoms. The minimum Gasteiger partial charge on any atom is -0.467 e. The maximum atomic E-state index is 11.2. The van der Waals surface area contributed by atoms with E-state index in [1.54, 1.807) is 7.11 Å². The summed E-state index contributed by atoms with van der Waals surface area (Å²) >= 11 is 0. The van der Waals surface area contributed by atoms with Crippen molar-refractivity contribution in [2.45, 2.75) is 6.10 Å². The molecular weight excluding hydrogens is 186 g/mol. The molecule has 0 saturated carbocycles. The first-order chi connectivity index (χ1) is 6.77. The maximum absolute atomic E-state index is 11.2. The van der Waals surface area contributed by atoms with Crippen LogP contribution in [0.4, 0.5) is 0 Å². The molecule has 1 heterocycles. The summed E-state index contributed by atoms with van der Waals surface area (Å²) in [6.45, 7) is 3.51. The number of ether oxygens (including phenoxy) is 3. The lowest BCUT2D eigenvalue weighted by molar-refractivity contribution is -0.159. The number of carbonyl (C=O) groups is 1. The number of hydrogen-bond donors (Lipinski definition) is 0. The van der Waals surface area contributed by atoms with Gasteiger partial charge >= 0.3 is 5.97 Å². The van der Waals surface area contributed by atoms with Gasteiger partial charge in [0.05, 0.1) is 20.3 Å². The van der Waals surface area contributed by atoms with E-state index in [1.807, 2.05) is 0 Å². The van der Waals surface area contributed by atoms with E-state index in [0.717, 1.165) is 13.1 Å². The van der Waals surface area contributed by atoms with E-state index in [1.165, 1.54) is 7.11 Å². The van der Waals surface area contributed by atoms with Gasteiger partial charge in [0.2, 0.25) is 0 Å². The van der Waals surface area contributed by atoms with Crippen LogP contribution < -0.4 is 0 Å². The molecule has 1 unspecified atom stereocenters. The van der Waals surface area contributed by atoms with Crippen LogP contribution in [0, 0.1) is 0 Å². The van der Waals surface area contributed by atoms with Crippen molar-refractivity contribution in [1.29, 1.82) is 0 Å². The Hall–Kier alpha value is -0.650. The zero-order chi connectivity index (χ0) is 10.4. The van der Waals surface area contributed by atoms with Crippen LogP contribution in [-0.2, 0) is 19.0 Å². The van der Waals surface area contributed by atoms with Crippen molar-refractivity contribution in [2.75, 3.05) is 47.1 Å². The molecule has 1 rings (SSSR count). The molecule has 0 bridgehead atoms. The fourth-order valence-corrected chi connectivity index (χ4v) is 1.40. The smallest absolute Gasteiger partial charge is 0.336 e. The topological polar surface area (TPSA) is 48.0 Å². The minimum atomic E-state index is -0.439. The summed E-state index contributed by atoms with van der Waals surface area (Å²) in [4.78, 5) is 13.3. The molecule has 1 aliphatic rings. The molecule has 1 saturated heterocycles. The molecular formula is C9H17NO4. The van der Waals surface area contributed by atoms with E-state index < -0.39 is 6.10 Å². The van der Waals surface area contributed by atoms with Crippen LogP contribution in [0.15, 0.2) is 0 Å². The lowest BCUT2D eigenvalue weighted by atomic mass is 10.3. The van der Waals surface area contributed by atoms with Crippen molar-refractivity contribution in [3.8, 4) is 0 Å². The van der Waals surface area contributed by atoms with Crippen molar-refractivity contribution in [3.05, 3.63) is 0 Å². The molecule has 0 N–H and O–H groups in total. The third-order valence-corrected chi connectivity index (χ3v) is 2.23. The molecule has 0 aromatic rings. The normalized spacial score (nSPS) is 23.4. The molecule has 1 fully saturated rings. The van der Waals surface area contributed by atoms with Gasteiger partial charge < -0.3 is 14.2 Å². The summed E-state index contributed by atoms with van der Waals surface area (Å²) in [6, 6.07) is 0. The van der Waals surface area contributed by atoms with Gasteiger partial charge in [-0.05, 0) is 0 Å². The van der Waals surface area contributed by atoms with Gasteiger partial charge in [-0.25, -0.2) is 4.79 Å². The van der Waals surface area contributed by atoms with E-state index in [-0.39, 0.29) is 5.97 Å². The molecule has 0 amide bonds. The third kappa shape index (κ3) is 3.25. The predicted molar refractivity (Wildman–Crippen MR) is 50.1 cm³/mol. The molecule has 82 valence electrons. The Labute approximate surface area is 83.9 Å². The highest BCUT2D eigenvalue weighted by Gasteiger charge is 2.26. The average molecular weight is 203 g/mol. The SMILES string of the molecule is COCCN1CCOC(C(=O)OC)C1. The molecule has 0 aromatic heterocycles. The third-order valence-electron chi connectivity index (χ3n) is 2.23. The Balaban J connectivity index is 2.31. The summed E-state index contributed by atoms with van der Waals surface area (Å²) in [5, 5.41) is 0. The van der Waals surface area contributed by atoms with Crippen molar-refractivity contribution in [1.82, 2.24) is 4.90 Å². The predicted octanol–water partition coefficient (Wildman–Crippen LogP) is -0.493. The molecule has 1 atom stereocenters. The van der Waals surface area contributed by atoms with Crippen LogP contribution in [0.25, 0.3) is 0 Å². The number of rotatable bonds is 4. The minimum absolute atomic E-state index is 0.299. The molecule has 0 radical (unpaired) electrons. The summed E-state index contributed by atoms with van der Waals surface area (Å²) in [6.07, 6.45) is -0.439. The van der Waals surface area contributed by atoms with Crippen LogP contribution in [0.1, 0.15) is 0 Å². The molecule has 0 aromatic carbocycles. The number of nitrogens with zero attached hydrogens (tertiary/aromatic N) is 1. The standard InChI is InChI=1S/C9H17NO4/c1-12-5-3-10-4-6-14-8(7-10)9(11)13-2/h8H,3-7H2,1-2H3. The monoisotopic (exact) mass is 203 g/mol. The van der Waals surface area contributed by atoms with E-state index >= 15 is 0 Å². The maximum Gasteiger partial charge on any atom is 0.336 e. The summed E-state index contributed by atoms with van der Waals surface area (Å²) in [7, 11) is 3.04. The van der Waals surface area contributed by atoms with Gasteiger partial charge in [0.25, 0.3) is 0 Å². The fraction of sp³-hybridized carbons (Fsp3) is 0.889. The zero-order valence-corrected chi connectivity index (χ0v) is 8.69. The van der Waals surface area contributed by atoms with Gasteiger partial charge in [0, 0.05) is 26.7 Å². The Bertz CT molecular complexity index is 186. The first kappa shape index (κ1) is 11.4. The average Bonchev–Trinajstić information content (AvgIpc) is 2.25. The van der Waals surface area contributed by atoms with Crippen molar-refractivity contribution in [2.24, 2.45) is 0 Å². The van der Waals surface area contributed by atoms with Gasteiger partial charge in [-0.2, -0.15) is 0 Å². The van der Waals surface area contributed by atoms with Crippen molar-refractivity contribution < 1.29 is 19.0 Å². The number of morpholine rings is 1. The van der Waals surface area contributed by atoms with Crippen LogP contribution in [-0.4, -0.2) is 64.0 Å². The van der Waals surface area contributed by atoms with E-state index in [2.05, 4.69) is 9.64 Å². The van der Waals surface area contributed by atoms with Gasteiger partial charge in [0.15, 0.2) is 6.10 Å². The molecule has 5 nitrogen and oxygen atoms in total. The molecule has 1 aliphatic heterocycles. The Morgan fingerprint density at radius 3 is 3.00 bits per heavy atom. The summed E-state index contributed by atoms with van der Waals surface area (Å²) in [5.41, 5.74) is 0. The van der Waals surface area contributed by atoms with Crippen molar-refractivity contribution in [3.63, 3.8) is 0 Å². The number of esters is 1. The number of methoxy groups -OCH3 is 2. The highest BCUT2D eigenvalue weighted by atomic mass is 16.6. The van der Waals surface area contributed by atoms with Gasteiger partial charge in [-0.1, -0.05) is 0 Å². The highest BCUT2D eigenvalue weighted by Crippen LogP contribution is 2.05. The lowest BCUT2D eigenvalue weighted by Crippen LogP contribution is -2.47. The van der Waals surface area contributed by atoms with Gasteiger partial charge in [-0.15, -0.1) is 0 Å². The Morgan fingerprint density at radius 2 is 2.36 bits per heavy atom. The molecule has 14 heavy (non-hydrogen) atoms. The van der Waals surface area contributed by atoms with Crippen LogP contribution >= 0.6 is 0 Å². The zero-order valence-electron chi connectivity index (χ0n) is 8.69. The van der Waals surface area contributed by atoms with E-state index in [4.69, 9.17) is 9.47 Å². The molecule has 5 heteroatoms. The first-order valence-corrected chi connectivity index (χ1v) is 4.68.